The summed E-state index contributed by atoms with van der Waals surface area (Å²) in [6, 6.07) is 14.2. The van der Waals surface area contributed by atoms with E-state index >= 15 is 0 Å². The molecular weight excluding hydrogens is 398 g/mol. The molecule has 31 heavy (non-hydrogen) atoms. The molecule has 8 nitrogen and oxygen atoms in total. The van der Waals surface area contributed by atoms with Gasteiger partial charge in [-0.15, -0.1) is 0 Å². The molecule has 164 valence electrons. The van der Waals surface area contributed by atoms with Gasteiger partial charge in [-0.05, 0) is 30.5 Å². The van der Waals surface area contributed by atoms with Crippen LogP contribution in [0.3, 0.4) is 0 Å². The van der Waals surface area contributed by atoms with Crippen LogP contribution in [0.5, 0.6) is 5.75 Å². The van der Waals surface area contributed by atoms with E-state index < -0.39 is 11.9 Å². The number of hydrogen-bond acceptors (Lipinski definition) is 6. The van der Waals surface area contributed by atoms with Crippen molar-refractivity contribution in [1.29, 1.82) is 0 Å². The number of rotatable bonds is 4. The number of ether oxygens (including phenoxy) is 1. The molecular formula is C23H27N3O5. The number of nitrogens with zero attached hydrogens (tertiary/aromatic N) is 2. The Balaban J connectivity index is 1.59. The predicted molar refractivity (Wildman–Crippen MR) is 113 cm³/mol. The van der Waals surface area contributed by atoms with Crippen LogP contribution in [-0.4, -0.2) is 64.3 Å². The Morgan fingerprint density at radius 1 is 1.06 bits per heavy atom. The molecule has 3 N–H and O–H groups in total. The summed E-state index contributed by atoms with van der Waals surface area (Å²) in [5, 5.41) is 18.8. The zero-order valence-electron chi connectivity index (χ0n) is 17.2. The summed E-state index contributed by atoms with van der Waals surface area (Å²) < 4.78 is 5.81. The topological polar surface area (TPSA) is 102 Å². The average Bonchev–Trinajstić information content (AvgIpc) is 3.02. The fraction of sp³-hybridized carbons (Fsp3) is 0.391. The zero-order chi connectivity index (χ0) is 21.8. The summed E-state index contributed by atoms with van der Waals surface area (Å²) >= 11 is 0. The average molecular weight is 425 g/mol. The summed E-state index contributed by atoms with van der Waals surface area (Å²) in [6.07, 6.45) is 0.989. The molecule has 0 saturated carbocycles. The van der Waals surface area contributed by atoms with Gasteiger partial charge in [0.15, 0.2) is 0 Å². The molecule has 0 aromatic heterocycles. The van der Waals surface area contributed by atoms with Crippen molar-refractivity contribution in [1.82, 2.24) is 15.3 Å². The van der Waals surface area contributed by atoms with Crippen LogP contribution in [0.2, 0.25) is 0 Å². The molecule has 0 spiro atoms. The number of fused-ring (bicyclic) bond motifs is 1. The van der Waals surface area contributed by atoms with Crippen molar-refractivity contribution in [3.63, 3.8) is 0 Å². The van der Waals surface area contributed by atoms with Gasteiger partial charge in [0.1, 0.15) is 18.4 Å². The number of carbonyl (C=O) groups is 2. The van der Waals surface area contributed by atoms with Gasteiger partial charge in [-0.25, -0.2) is 5.48 Å². The maximum atomic E-state index is 13.7. The molecule has 2 aliphatic rings. The third-order valence-corrected chi connectivity index (χ3v) is 5.94. The lowest BCUT2D eigenvalue weighted by Crippen LogP contribution is -2.47. The molecule has 1 fully saturated rings. The van der Waals surface area contributed by atoms with Crippen molar-refractivity contribution in [2.75, 3.05) is 26.2 Å². The van der Waals surface area contributed by atoms with Crippen molar-refractivity contribution in [2.45, 2.75) is 31.5 Å². The number of aliphatic hydroxyl groups excluding tert-OH is 1. The number of hydroxylamine groups is 1. The van der Waals surface area contributed by atoms with Crippen LogP contribution in [0.4, 0.5) is 0 Å². The van der Waals surface area contributed by atoms with Gasteiger partial charge in [0.25, 0.3) is 5.91 Å². The fourth-order valence-electron chi connectivity index (χ4n) is 4.23. The number of amides is 2. The van der Waals surface area contributed by atoms with E-state index in [-0.39, 0.29) is 17.6 Å². The van der Waals surface area contributed by atoms with Crippen molar-refractivity contribution in [3.8, 4) is 5.75 Å². The predicted octanol–water partition coefficient (Wildman–Crippen LogP) is 1.72. The van der Waals surface area contributed by atoms with Crippen molar-refractivity contribution in [3.05, 3.63) is 65.2 Å². The maximum Gasteiger partial charge on any atom is 0.274 e. The van der Waals surface area contributed by atoms with E-state index in [4.69, 9.17) is 9.94 Å². The quantitative estimate of drug-likeness (QED) is 0.509. The number of aliphatic hydroxyl groups is 1. The molecule has 1 saturated heterocycles. The Kier molecular flexibility index (Phi) is 6.50. The molecule has 8 heteroatoms. The largest absolute Gasteiger partial charge is 0.491 e. The molecule has 0 bridgehead atoms. The Morgan fingerprint density at radius 2 is 1.81 bits per heavy atom. The lowest BCUT2D eigenvalue weighted by atomic mass is 9.99. The number of benzene rings is 2. The molecule has 2 amide bonds. The number of likely N-dealkylation sites (tertiary alicyclic amines) is 1. The summed E-state index contributed by atoms with van der Waals surface area (Å²) in [5.41, 5.74) is 3.65. The van der Waals surface area contributed by atoms with Crippen LogP contribution in [0, 0.1) is 0 Å². The highest BCUT2D eigenvalue weighted by molar-refractivity contribution is 5.94. The van der Waals surface area contributed by atoms with Crippen molar-refractivity contribution < 1.29 is 24.6 Å². The number of nitrogens with one attached hydrogen (secondary N) is 1. The minimum Gasteiger partial charge on any atom is -0.491 e. The highest BCUT2D eigenvalue weighted by atomic mass is 16.5. The molecule has 1 unspecified atom stereocenters. The van der Waals surface area contributed by atoms with Gasteiger partial charge >= 0.3 is 0 Å². The molecule has 1 atom stereocenters. The van der Waals surface area contributed by atoms with E-state index in [0.717, 1.165) is 11.1 Å². The van der Waals surface area contributed by atoms with E-state index in [9.17, 15) is 14.7 Å². The third kappa shape index (κ3) is 4.71. The van der Waals surface area contributed by atoms with Gasteiger partial charge in [-0.3, -0.25) is 19.7 Å². The first-order chi connectivity index (χ1) is 15.1. The van der Waals surface area contributed by atoms with E-state index in [0.29, 0.717) is 51.4 Å². The van der Waals surface area contributed by atoms with Gasteiger partial charge in [0, 0.05) is 30.8 Å². The molecule has 0 aliphatic carbocycles. The Morgan fingerprint density at radius 3 is 2.52 bits per heavy atom. The Bertz CT molecular complexity index is 928. The second-order valence-electron chi connectivity index (χ2n) is 7.95. The highest BCUT2D eigenvalue weighted by Crippen LogP contribution is 2.30. The van der Waals surface area contributed by atoms with Crippen LogP contribution >= 0.6 is 0 Å². The smallest absolute Gasteiger partial charge is 0.274 e. The summed E-state index contributed by atoms with van der Waals surface area (Å²) in [4.78, 5) is 29.4. The van der Waals surface area contributed by atoms with Gasteiger partial charge in [-0.2, -0.15) is 0 Å². The van der Waals surface area contributed by atoms with Crippen LogP contribution in [0.25, 0.3) is 0 Å². The SMILES string of the molecule is O=C(NO)c1ccc2c(c1)OCCN(C(=O)C(c1ccccc1)N1CCC(O)CC1)C2. The minimum absolute atomic E-state index is 0.00350. The third-order valence-electron chi connectivity index (χ3n) is 5.94. The molecule has 2 aromatic rings. The number of hydrogen-bond donors (Lipinski definition) is 3. The molecule has 4 rings (SSSR count). The van der Waals surface area contributed by atoms with E-state index in [2.05, 4.69) is 4.90 Å². The lowest BCUT2D eigenvalue weighted by molar-refractivity contribution is -0.139. The first kappa shape index (κ1) is 21.3. The molecule has 2 aromatic carbocycles. The second kappa shape index (κ2) is 9.47. The summed E-state index contributed by atoms with van der Waals surface area (Å²) in [7, 11) is 0. The molecule has 2 heterocycles. The standard InChI is InChI=1S/C23H27N3O5/c27-19-8-10-25(11-9-19)21(16-4-2-1-3-5-16)23(29)26-12-13-31-20-14-17(22(28)24-30)6-7-18(20)15-26/h1-7,14,19,21,27,30H,8-13,15H2,(H,24,28). The Hall–Kier alpha value is -2.94. The Labute approximate surface area is 181 Å². The normalized spacial score (nSPS) is 18.5. The lowest BCUT2D eigenvalue weighted by Gasteiger charge is -2.37. The first-order valence-corrected chi connectivity index (χ1v) is 10.5. The van der Waals surface area contributed by atoms with Gasteiger partial charge in [0.2, 0.25) is 5.91 Å². The van der Waals surface area contributed by atoms with E-state index in [1.807, 2.05) is 30.3 Å². The second-order valence-corrected chi connectivity index (χ2v) is 7.95. The highest BCUT2D eigenvalue weighted by Gasteiger charge is 2.34. The van der Waals surface area contributed by atoms with Gasteiger partial charge in [-0.1, -0.05) is 36.4 Å². The van der Waals surface area contributed by atoms with Crippen LogP contribution in [-0.2, 0) is 11.3 Å². The van der Waals surface area contributed by atoms with Crippen LogP contribution in [0.1, 0.15) is 40.4 Å². The van der Waals surface area contributed by atoms with E-state index in [1.54, 1.807) is 28.6 Å². The number of piperidine rings is 1. The molecule has 0 radical (unpaired) electrons. The van der Waals surface area contributed by atoms with Crippen LogP contribution in [0.15, 0.2) is 48.5 Å². The summed E-state index contributed by atoms with van der Waals surface area (Å²) in [5.74, 6) is -0.0787. The van der Waals surface area contributed by atoms with Gasteiger partial charge < -0.3 is 14.7 Å². The van der Waals surface area contributed by atoms with Crippen molar-refractivity contribution >= 4 is 11.8 Å². The van der Waals surface area contributed by atoms with Gasteiger partial charge in [0.05, 0.1) is 12.6 Å². The molecule has 2 aliphatic heterocycles. The van der Waals surface area contributed by atoms with Crippen LogP contribution < -0.4 is 10.2 Å². The minimum atomic E-state index is -0.611. The monoisotopic (exact) mass is 425 g/mol. The van der Waals surface area contributed by atoms with Crippen molar-refractivity contribution in [2.24, 2.45) is 0 Å². The van der Waals surface area contributed by atoms with E-state index in [1.165, 1.54) is 0 Å². The zero-order valence-corrected chi connectivity index (χ0v) is 17.2. The fourth-order valence-corrected chi connectivity index (χ4v) is 4.23. The maximum absolute atomic E-state index is 13.7. The number of carbonyl (C=O) groups excluding carboxylic acids is 2. The summed E-state index contributed by atoms with van der Waals surface area (Å²) in [6.45, 7) is 2.42. The first-order valence-electron chi connectivity index (χ1n) is 10.5.